The number of Topliss-reactive ketones (excluding diaryl/α,β-unsaturated/α-hetero) is 1. The number of aliphatic hydroxyl groups is 1. The number of benzene rings is 3. The van der Waals surface area contributed by atoms with Gasteiger partial charge in [0.1, 0.15) is 51.7 Å². The van der Waals surface area contributed by atoms with Crippen molar-refractivity contribution in [3.63, 3.8) is 0 Å². The summed E-state index contributed by atoms with van der Waals surface area (Å²) in [6, 6.07) is 6.06. The number of rotatable bonds is 6. The molecule has 47 heavy (non-hydrogen) atoms. The van der Waals surface area contributed by atoms with Crippen LogP contribution < -0.4 is 0 Å². The highest BCUT2D eigenvalue weighted by molar-refractivity contribution is 6.20. The zero-order valence-electron chi connectivity index (χ0n) is 25.5. The average Bonchev–Trinajstić information content (AvgIpc) is 3.23. The van der Waals surface area contributed by atoms with Gasteiger partial charge in [0.25, 0.3) is 0 Å². The van der Waals surface area contributed by atoms with E-state index >= 15 is 0 Å². The van der Waals surface area contributed by atoms with Gasteiger partial charge in [-0.3, -0.25) is 14.4 Å². The molecule has 0 radical (unpaired) electrons. The van der Waals surface area contributed by atoms with E-state index in [0.717, 1.165) is 25.3 Å². The van der Waals surface area contributed by atoms with Crippen LogP contribution in [0.1, 0.15) is 85.9 Å². The predicted molar refractivity (Wildman–Crippen MR) is 163 cm³/mol. The average molecular weight is 643 g/mol. The first-order chi connectivity index (χ1) is 22.3. The molecular weight excluding hydrogens is 612 g/mol. The molecule has 0 heterocycles. The number of phenolic OH excluding ortho intramolecular Hbond substituents is 5. The van der Waals surface area contributed by atoms with Gasteiger partial charge in [-0.25, -0.2) is 4.79 Å². The normalized spacial score (nSPS) is 20.6. The largest absolute Gasteiger partial charge is 0.507 e. The molecule has 1 spiro atoms. The summed E-state index contributed by atoms with van der Waals surface area (Å²) in [7, 11) is 0.987. The molecule has 4 aliphatic rings. The van der Waals surface area contributed by atoms with Crippen molar-refractivity contribution in [2.75, 3.05) is 7.11 Å². The van der Waals surface area contributed by atoms with Crippen LogP contribution in [0.5, 0.6) is 28.7 Å². The topological polar surface area (TPSA) is 208 Å². The molecule has 0 saturated heterocycles. The summed E-state index contributed by atoms with van der Waals surface area (Å²) >= 11 is 0. The third kappa shape index (κ3) is 4.43. The van der Waals surface area contributed by atoms with E-state index < -0.39 is 86.4 Å². The number of aromatic hydroxyl groups is 5. The molecule has 12 heteroatoms. The van der Waals surface area contributed by atoms with Crippen LogP contribution in [0.4, 0.5) is 0 Å². The Bertz CT molecular complexity index is 2000. The summed E-state index contributed by atoms with van der Waals surface area (Å²) in [5, 5.41) is 66.3. The molecule has 3 atom stereocenters. The van der Waals surface area contributed by atoms with Crippen molar-refractivity contribution in [2.45, 2.75) is 45.1 Å². The quantitative estimate of drug-likeness (QED) is 0.0938. The monoisotopic (exact) mass is 642 g/mol. The molecular formula is C35H30O12. The maximum atomic E-state index is 14.3. The summed E-state index contributed by atoms with van der Waals surface area (Å²) in [6.07, 6.45) is 2.11. The molecule has 7 rings (SSSR count). The number of phenols is 5. The summed E-state index contributed by atoms with van der Waals surface area (Å²) in [5.41, 5.74) is -3.17. The van der Waals surface area contributed by atoms with Crippen molar-refractivity contribution in [3.05, 3.63) is 92.6 Å². The lowest BCUT2D eigenvalue weighted by atomic mass is 9.61. The Morgan fingerprint density at radius 1 is 0.915 bits per heavy atom. The summed E-state index contributed by atoms with van der Waals surface area (Å²) < 4.78 is 10.7. The van der Waals surface area contributed by atoms with E-state index in [4.69, 9.17) is 4.74 Å². The first kappa shape index (κ1) is 31.2. The Labute approximate surface area is 267 Å². The van der Waals surface area contributed by atoms with E-state index in [1.54, 1.807) is 26.0 Å². The van der Waals surface area contributed by atoms with Gasteiger partial charge in [-0.1, -0.05) is 25.1 Å². The maximum Gasteiger partial charge on any atom is 0.342 e. The van der Waals surface area contributed by atoms with Crippen LogP contribution in [0, 0.1) is 12.3 Å². The van der Waals surface area contributed by atoms with Crippen LogP contribution in [0.15, 0.2) is 48.1 Å². The van der Waals surface area contributed by atoms with Crippen molar-refractivity contribution in [2.24, 2.45) is 5.41 Å². The Morgan fingerprint density at radius 2 is 1.60 bits per heavy atom. The lowest BCUT2D eigenvalue weighted by molar-refractivity contribution is -0.155. The number of aryl methyl sites for hydroxylation is 1. The smallest absolute Gasteiger partial charge is 0.342 e. The first-order valence-electron chi connectivity index (χ1n) is 14.7. The Balaban J connectivity index is 1.60. The van der Waals surface area contributed by atoms with Gasteiger partial charge in [-0.05, 0) is 55.2 Å². The zero-order chi connectivity index (χ0) is 34.1. The zero-order valence-corrected chi connectivity index (χ0v) is 25.5. The Hall–Kier alpha value is -5.78. The van der Waals surface area contributed by atoms with E-state index in [1.807, 2.05) is 0 Å². The molecule has 4 aliphatic carbocycles. The molecule has 0 unspecified atom stereocenters. The van der Waals surface area contributed by atoms with Gasteiger partial charge in [0.15, 0.2) is 5.78 Å². The third-order valence-electron chi connectivity index (χ3n) is 9.00. The second-order valence-corrected chi connectivity index (χ2v) is 11.9. The highest BCUT2D eigenvalue weighted by Crippen LogP contribution is 2.62. The third-order valence-corrected chi connectivity index (χ3v) is 9.00. The number of carbonyl (C=O) groups excluding carboxylic acids is 4. The van der Waals surface area contributed by atoms with Crippen molar-refractivity contribution in [1.82, 2.24) is 0 Å². The molecule has 0 aromatic heterocycles. The Kier molecular flexibility index (Phi) is 7.26. The lowest BCUT2D eigenvalue weighted by Gasteiger charge is -2.44. The molecule has 2 bridgehead atoms. The van der Waals surface area contributed by atoms with Crippen molar-refractivity contribution in [3.8, 4) is 28.7 Å². The number of hydrogen-bond acceptors (Lipinski definition) is 12. The fourth-order valence-electron chi connectivity index (χ4n) is 7.07. The molecule has 6 N–H and O–H groups in total. The second kappa shape index (κ2) is 10.9. The van der Waals surface area contributed by atoms with Gasteiger partial charge in [0, 0.05) is 17.5 Å². The number of esters is 2. The standard InChI is InChI=1S/C35H30O12/c1-4-5-22(40)47-33-17-10-14(2)11-20(38)24(17)32(44)28-29(41)16-8-9-35(28,33)13-15-12-21(39)27(30(42)23(15)16)31(43)25-18(36)6-7-19(37)26(25)34(45)46-3/h6-12,16,33,36-39,42,44H,4-5,13H2,1-3H3/t16-,33+,35+/m1/s1. The number of ether oxygens (including phenoxy) is 2. The fraction of sp³-hybridized carbons (Fsp3) is 0.257. The summed E-state index contributed by atoms with van der Waals surface area (Å²) in [4.78, 5) is 53.7. The van der Waals surface area contributed by atoms with Crippen molar-refractivity contribution < 1.29 is 59.3 Å². The number of methoxy groups -OCH3 is 1. The van der Waals surface area contributed by atoms with Crippen molar-refractivity contribution >= 4 is 29.3 Å². The molecule has 3 aromatic carbocycles. The molecule has 0 aliphatic heterocycles. The first-order valence-corrected chi connectivity index (χ1v) is 14.7. The van der Waals surface area contributed by atoms with Crippen molar-refractivity contribution in [1.29, 1.82) is 0 Å². The fourth-order valence-corrected chi connectivity index (χ4v) is 7.07. The second-order valence-electron chi connectivity index (χ2n) is 11.9. The van der Waals surface area contributed by atoms with Gasteiger partial charge < -0.3 is 40.1 Å². The highest BCUT2D eigenvalue weighted by Gasteiger charge is 2.58. The van der Waals surface area contributed by atoms with Crippen LogP contribution in [0.25, 0.3) is 5.76 Å². The molecule has 0 fully saturated rings. The van der Waals surface area contributed by atoms with Gasteiger partial charge in [-0.2, -0.15) is 0 Å². The van der Waals surface area contributed by atoms with Gasteiger partial charge >= 0.3 is 11.9 Å². The van der Waals surface area contributed by atoms with E-state index in [9.17, 15) is 49.8 Å². The molecule has 0 amide bonds. The van der Waals surface area contributed by atoms with Crippen LogP contribution >= 0.6 is 0 Å². The SMILES string of the molecule is CCCC(=O)O[C@H]1c2cc(C)cc(O)c2C(O)=C2C(=O)[C@@H]3C=C[C@]21Cc1cc(O)c(C(=O)c2c(O)ccc(O)c2C(=O)OC)c(O)c13. The minimum Gasteiger partial charge on any atom is -0.507 e. The summed E-state index contributed by atoms with van der Waals surface area (Å²) in [6.45, 7) is 3.48. The number of carbonyl (C=O) groups is 4. The minimum absolute atomic E-state index is 0.0457. The number of hydrogen-bond donors (Lipinski definition) is 6. The molecule has 0 saturated carbocycles. The number of fused-ring (bicyclic) bond motifs is 1. The molecule has 242 valence electrons. The van der Waals surface area contributed by atoms with Crippen LogP contribution in [-0.2, 0) is 25.5 Å². The van der Waals surface area contributed by atoms with E-state index in [1.165, 1.54) is 12.1 Å². The number of allylic oxidation sites excluding steroid dienone is 1. The maximum absolute atomic E-state index is 14.3. The van der Waals surface area contributed by atoms with E-state index in [-0.39, 0.29) is 46.4 Å². The lowest BCUT2D eigenvalue weighted by Crippen LogP contribution is -2.42. The van der Waals surface area contributed by atoms with Gasteiger partial charge in [0.2, 0.25) is 5.78 Å². The minimum atomic E-state index is -1.55. The molecule has 12 nitrogen and oxygen atoms in total. The predicted octanol–water partition coefficient (Wildman–Crippen LogP) is 4.67. The highest BCUT2D eigenvalue weighted by atomic mass is 16.5. The number of aliphatic hydroxyl groups excluding tert-OH is 1. The van der Waals surface area contributed by atoms with Crippen LogP contribution in [0.2, 0.25) is 0 Å². The molecule has 3 aromatic rings. The van der Waals surface area contributed by atoms with Crippen LogP contribution in [0.3, 0.4) is 0 Å². The van der Waals surface area contributed by atoms with Crippen LogP contribution in [-0.4, -0.2) is 61.3 Å². The van der Waals surface area contributed by atoms with E-state index in [0.29, 0.717) is 12.0 Å². The van der Waals surface area contributed by atoms with Gasteiger partial charge in [-0.15, -0.1) is 0 Å². The Morgan fingerprint density at radius 3 is 2.26 bits per heavy atom. The number of ketones is 2. The van der Waals surface area contributed by atoms with Gasteiger partial charge in [0.05, 0.1) is 35.1 Å². The summed E-state index contributed by atoms with van der Waals surface area (Å²) in [5.74, 6) is -9.06. The van der Waals surface area contributed by atoms with E-state index in [2.05, 4.69) is 4.74 Å².